The van der Waals surface area contributed by atoms with Gasteiger partial charge in [-0.1, -0.05) is 6.92 Å². The monoisotopic (exact) mass is 502 g/mol. The van der Waals surface area contributed by atoms with E-state index in [1.807, 2.05) is 0 Å². The van der Waals surface area contributed by atoms with Gasteiger partial charge in [0.2, 0.25) is 0 Å². The van der Waals surface area contributed by atoms with E-state index in [0.717, 1.165) is 60.6 Å². The zero-order valence-electron chi connectivity index (χ0n) is 24.6. The highest BCUT2D eigenvalue weighted by Crippen LogP contribution is 2.39. The summed E-state index contributed by atoms with van der Waals surface area (Å²) >= 11 is 0. The minimum absolute atomic E-state index is 0.292. The fourth-order valence-electron chi connectivity index (χ4n) is 8.58. The molecule has 1 aromatic carbocycles. The summed E-state index contributed by atoms with van der Waals surface area (Å²) < 4.78 is 3.11. The standard InChI is InChI=1S/C31H56N3O2/c1-8-26-12-9-15-32(26,5)18-29-23(2)30(19-33(6)16-10-13-27(33)21-35)25(4)31(24(29)3)20-34(7)17-11-14-28(34)22-36/h26-28,35-36H,8-22H2,1-7H3/q+3. The number of hydrogen-bond acceptors (Lipinski definition) is 2. The predicted molar refractivity (Wildman–Crippen MR) is 148 cm³/mol. The first-order valence-corrected chi connectivity index (χ1v) is 14.9. The molecular formula is C31H56N3O2+3. The molecule has 6 unspecified atom stereocenters. The number of likely N-dealkylation sites (tertiary alicyclic amines) is 3. The second-order valence-corrected chi connectivity index (χ2v) is 13.6. The van der Waals surface area contributed by atoms with Crippen molar-refractivity contribution in [1.82, 2.24) is 0 Å². The molecule has 1 aromatic rings. The van der Waals surface area contributed by atoms with Gasteiger partial charge in [-0.2, -0.15) is 0 Å². The quantitative estimate of drug-likeness (QED) is 0.494. The second-order valence-electron chi connectivity index (χ2n) is 13.6. The molecule has 36 heavy (non-hydrogen) atoms. The van der Waals surface area contributed by atoms with Crippen molar-refractivity contribution < 1.29 is 23.7 Å². The second kappa shape index (κ2) is 10.6. The average molecular weight is 503 g/mol. The smallest absolute Gasteiger partial charge is 0.113 e. The van der Waals surface area contributed by atoms with Crippen LogP contribution >= 0.6 is 0 Å². The Balaban J connectivity index is 1.81. The van der Waals surface area contributed by atoms with Crippen LogP contribution in [0.1, 0.15) is 85.3 Å². The summed E-state index contributed by atoms with van der Waals surface area (Å²) in [7, 11) is 7.26. The first-order chi connectivity index (χ1) is 17.0. The SMILES string of the molecule is CCC1CCC[N+]1(C)Cc1c(C)c(C[N+]2(C)CCCC2CO)c(C)c(C[N+]2(C)CCCC2CO)c1C. The van der Waals surface area contributed by atoms with Crippen LogP contribution in [0.4, 0.5) is 0 Å². The molecule has 3 aliphatic heterocycles. The molecule has 3 aliphatic rings. The number of nitrogens with zero attached hydrogens (tertiary/aromatic N) is 3. The number of hydrogen-bond donors (Lipinski definition) is 2. The summed E-state index contributed by atoms with van der Waals surface area (Å²) in [5.41, 5.74) is 9.18. The van der Waals surface area contributed by atoms with Crippen molar-refractivity contribution in [1.29, 1.82) is 0 Å². The third-order valence-corrected chi connectivity index (χ3v) is 11.4. The summed E-state index contributed by atoms with van der Waals surface area (Å²) in [6, 6.07) is 1.47. The van der Waals surface area contributed by atoms with Gasteiger partial charge >= 0.3 is 0 Å². The molecule has 0 bridgehead atoms. The number of aliphatic hydroxyl groups is 2. The Hall–Kier alpha value is -0.980. The minimum Gasteiger partial charge on any atom is -0.390 e. The van der Waals surface area contributed by atoms with Gasteiger partial charge in [0.15, 0.2) is 0 Å². The van der Waals surface area contributed by atoms with Gasteiger partial charge in [-0.05, 0) is 43.9 Å². The van der Waals surface area contributed by atoms with E-state index in [0.29, 0.717) is 25.3 Å². The maximum absolute atomic E-state index is 10.2. The zero-order valence-corrected chi connectivity index (χ0v) is 24.6. The summed E-state index contributed by atoms with van der Waals surface area (Å²) in [5, 5.41) is 20.4. The van der Waals surface area contributed by atoms with E-state index in [9.17, 15) is 10.2 Å². The van der Waals surface area contributed by atoms with Gasteiger partial charge < -0.3 is 23.7 Å². The van der Waals surface area contributed by atoms with Gasteiger partial charge in [0.05, 0.1) is 60.0 Å². The molecule has 0 aromatic heterocycles. The highest BCUT2D eigenvalue weighted by Gasteiger charge is 2.43. The van der Waals surface area contributed by atoms with Gasteiger partial charge in [-0.3, -0.25) is 0 Å². The largest absolute Gasteiger partial charge is 0.390 e. The molecule has 6 atom stereocenters. The maximum atomic E-state index is 10.2. The third kappa shape index (κ3) is 4.91. The summed E-state index contributed by atoms with van der Waals surface area (Å²) in [5.74, 6) is 0. The summed E-state index contributed by atoms with van der Waals surface area (Å²) in [6.07, 6.45) is 8.67. The van der Waals surface area contributed by atoms with E-state index in [2.05, 4.69) is 48.8 Å². The highest BCUT2D eigenvalue weighted by molar-refractivity contribution is 5.50. The summed E-state index contributed by atoms with van der Waals surface area (Å²) in [4.78, 5) is 0. The zero-order chi connectivity index (χ0) is 26.3. The van der Waals surface area contributed by atoms with Crippen molar-refractivity contribution in [3.05, 3.63) is 33.4 Å². The van der Waals surface area contributed by atoms with E-state index in [1.54, 1.807) is 16.7 Å². The molecule has 2 N–H and O–H groups in total. The number of benzene rings is 1. The van der Waals surface area contributed by atoms with Crippen molar-refractivity contribution in [3.63, 3.8) is 0 Å². The van der Waals surface area contributed by atoms with Crippen LogP contribution in [-0.4, -0.2) is 95.8 Å². The molecule has 3 fully saturated rings. The van der Waals surface area contributed by atoms with Crippen LogP contribution in [-0.2, 0) is 19.6 Å². The van der Waals surface area contributed by atoms with Gasteiger partial charge in [0.25, 0.3) is 0 Å². The van der Waals surface area contributed by atoms with E-state index < -0.39 is 0 Å². The van der Waals surface area contributed by atoms with Crippen molar-refractivity contribution in [2.45, 2.75) is 110 Å². The van der Waals surface area contributed by atoms with Crippen molar-refractivity contribution in [2.24, 2.45) is 0 Å². The van der Waals surface area contributed by atoms with Crippen LogP contribution in [0, 0.1) is 20.8 Å². The first-order valence-electron chi connectivity index (χ1n) is 14.9. The first kappa shape index (κ1) is 28.0. The Morgan fingerprint density at radius 3 is 1.19 bits per heavy atom. The molecular weight excluding hydrogens is 446 g/mol. The topological polar surface area (TPSA) is 40.5 Å². The van der Waals surface area contributed by atoms with E-state index in [4.69, 9.17) is 0 Å². The number of aliphatic hydroxyl groups excluding tert-OH is 2. The lowest BCUT2D eigenvalue weighted by Crippen LogP contribution is -2.50. The Bertz CT molecular complexity index is 808. The fourth-order valence-corrected chi connectivity index (χ4v) is 8.58. The number of likely N-dealkylation sites (N-methyl/N-ethyl adjacent to an activating group) is 2. The lowest BCUT2D eigenvalue weighted by Gasteiger charge is -2.40. The Labute approximate surface area is 221 Å². The molecule has 0 saturated carbocycles. The van der Waals surface area contributed by atoms with Crippen molar-refractivity contribution in [2.75, 3.05) is 54.0 Å². The molecule has 0 amide bonds. The van der Waals surface area contributed by atoms with Crippen LogP contribution in [0.2, 0.25) is 0 Å². The molecule has 204 valence electrons. The van der Waals surface area contributed by atoms with Gasteiger partial charge in [0.1, 0.15) is 31.7 Å². The van der Waals surface area contributed by atoms with E-state index in [-0.39, 0.29) is 0 Å². The Morgan fingerprint density at radius 2 is 0.889 bits per heavy atom. The normalized spacial score (nSPS) is 36.8. The van der Waals surface area contributed by atoms with Crippen LogP contribution in [0.15, 0.2) is 0 Å². The number of quaternary nitrogens is 3. The lowest BCUT2D eigenvalue weighted by molar-refractivity contribution is -0.935. The molecule has 5 heteroatoms. The summed E-state index contributed by atoms with van der Waals surface area (Å²) in [6.45, 7) is 16.9. The van der Waals surface area contributed by atoms with Crippen LogP contribution in [0.5, 0.6) is 0 Å². The fraction of sp³-hybridized carbons (Fsp3) is 0.806. The molecule has 5 nitrogen and oxygen atoms in total. The van der Waals surface area contributed by atoms with Gasteiger partial charge in [0, 0.05) is 55.2 Å². The van der Waals surface area contributed by atoms with E-state index in [1.165, 1.54) is 59.8 Å². The Kier molecular flexibility index (Phi) is 8.29. The highest BCUT2D eigenvalue weighted by atomic mass is 16.3. The van der Waals surface area contributed by atoms with Crippen LogP contribution < -0.4 is 0 Å². The van der Waals surface area contributed by atoms with Crippen molar-refractivity contribution >= 4 is 0 Å². The lowest BCUT2D eigenvalue weighted by atomic mass is 9.86. The molecule has 0 aliphatic carbocycles. The predicted octanol–water partition coefficient (Wildman–Crippen LogP) is 4.33. The number of rotatable bonds is 9. The molecule has 3 heterocycles. The van der Waals surface area contributed by atoms with Gasteiger partial charge in [-0.25, -0.2) is 0 Å². The van der Waals surface area contributed by atoms with Crippen LogP contribution in [0.3, 0.4) is 0 Å². The third-order valence-electron chi connectivity index (χ3n) is 11.4. The van der Waals surface area contributed by atoms with Crippen molar-refractivity contribution in [3.8, 4) is 0 Å². The molecule has 0 radical (unpaired) electrons. The minimum atomic E-state index is 0.292. The average Bonchev–Trinajstić information content (AvgIpc) is 3.53. The van der Waals surface area contributed by atoms with E-state index >= 15 is 0 Å². The van der Waals surface area contributed by atoms with Gasteiger partial charge in [-0.15, -0.1) is 0 Å². The molecule has 4 rings (SSSR count). The van der Waals surface area contributed by atoms with Crippen LogP contribution in [0.25, 0.3) is 0 Å². The molecule has 3 saturated heterocycles. The maximum Gasteiger partial charge on any atom is 0.113 e. The molecule has 0 spiro atoms. The Morgan fingerprint density at radius 1 is 0.583 bits per heavy atom.